The molecular weight excluding hydrogens is 216 g/mol. The zero-order valence-corrected chi connectivity index (χ0v) is 11.2. The maximum Gasteiger partial charge on any atom is 0.291 e. The highest BCUT2D eigenvalue weighted by Crippen LogP contribution is 2.09. The molecule has 1 aromatic rings. The van der Waals surface area contributed by atoms with Gasteiger partial charge < -0.3 is 5.32 Å². The number of hydrogen-bond acceptors (Lipinski definition) is 3. The summed E-state index contributed by atoms with van der Waals surface area (Å²) in [5, 5.41) is 9.62. The van der Waals surface area contributed by atoms with Crippen molar-refractivity contribution in [2.45, 2.75) is 53.0 Å². The summed E-state index contributed by atoms with van der Waals surface area (Å²) in [4.78, 5) is 16.0. The van der Waals surface area contributed by atoms with Crippen molar-refractivity contribution < 1.29 is 4.79 Å². The Balaban J connectivity index is 2.63. The molecule has 5 heteroatoms. The molecule has 1 aromatic heterocycles. The lowest BCUT2D eigenvalue weighted by molar-refractivity contribution is 0.0918. The van der Waals surface area contributed by atoms with E-state index in [9.17, 15) is 4.79 Å². The Morgan fingerprint density at radius 2 is 2.00 bits per heavy atom. The van der Waals surface area contributed by atoms with Gasteiger partial charge in [-0.1, -0.05) is 34.1 Å². The third-order valence-electron chi connectivity index (χ3n) is 3.11. The molecule has 0 radical (unpaired) electrons. The molecule has 5 nitrogen and oxygen atoms in total. The predicted molar refractivity (Wildman–Crippen MR) is 66.9 cm³/mol. The van der Waals surface area contributed by atoms with Gasteiger partial charge >= 0.3 is 0 Å². The molecule has 2 unspecified atom stereocenters. The van der Waals surface area contributed by atoms with Crippen LogP contribution in [0.4, 0.5) is 0 Å². The van der Waals surface area contributed by atoms with Crippen LogP contribution < -0.4 is 5.32 Å². The zero-order chi connectivity index (χ0) is 13.0. The monoisotopic (exact) mass is 238 g/mol. The number of carbonyl (C=O) groups excluding carboxylic acids is 1. The highest BCUT2D eigenvalue weighted by Gasteiger charge is 2.18. The summed E-state index contributed by atoms with van der Waals surface area (Å²) in [6.45, 7) is 10.2. The quantitative estimate of drug-likeness (QED) is 0.825. The number of carbonyl (C=O) groups is 1. The van der Waals surface area contributed by atoms with Crippen molar-refractivity contribution in [3.05, 3.63) is 11.6 Å². The van der Waals surface area contributed by atoms with E-state index in [0.29, 0.717) is 5.92 Å². The number of H-pyrrole nitrogens is 1. The average molecular weight is 238 g/mol. The van der Waals surface area contributed by atoms with Crippen LogP contribution in [0.5, 0.6) is 0 Å². The summed E-state index contributed by atoms with van der Waals surface area (Å²) in [6.07, 6.45) is 1.03. The Kier molecular flexibility index (Phi) is 4.66. The van der Waals surface area contributed by atoms with Crippen LogP contribution in [0.2, 0.25) is 0 Å². The standard InChI is InChI=1S/C12H22N4O/c1-6-8(4)9(5)13-12(17)11-14-10(7(2)3)15-16-11/h7-9H,6H2,1-5H3,(H,13,17)(H,14,15,16). The van der Waals surface area contributed by atoms with E-state index in [-0.39, 0.29) is 23.7 Å². The van der Waals surface area contributed by atoms with Crippen molar-refractivity contribution in [1.82, 2.24) is 20.5 Å². The minimum Gasteiger partial charge on any atom is -0.347 e. The molecule has 96 valence electrons. The minimum absolute atomic E-state index is 0.133. The lowest BCUT2D eigenvalue weighted by Crippen LogP contribution is -2.37. The van der Waals surface area contributed by atoms with Gasteiger partial charge in [0.25, 0.3) is 5.91 Å². The van der Waals surface area contributed by atoms with E-state index in [1.165, 1.54) is 0 Å². The molecule has 0 spiro atoms. The molecule has 0 saturated heterocycles. The lowest BCUT2D eigenvalue weighted by atomic mass is 10.0. The van der Waals surface area contributed by atoms with E-state index in [4.69, 9.17) is 0 Å². The number of amides is 1. The van der Waals surface area contributed by atoms with Gasteiger partial charge in [0.05, 0.1) is 0 Å². The summed E-state index contributed by atoms with van der Waals surface area (Å²) in [7, 11) is 0. The maximum atomic E-state index is 11.9. The molecule has 0 bridgehead atoms. The molecule has 0 aromatic carbocycles. The molecule has 0 saturated carbocycles. The van der Waals surface area contributed by atoms with Gasteiger partial charge in [0.1, 0.15) is 5.82 Å². The van der Waals surface area contributed by atoms with Gasteiger partial charge in [-0.15, -0.1) is 5.10 Å². The Bertz CT molecular complexity index is 372. The molecule has 0 aliphatic heterocycles. The minimum atomic E-state index is -0.207. The number of rotatable bonds is 5. The number of nitrogens with zero attached hydrogens (tertiary/aromatic N) is 2. The molecule has 2 N–H and O–H groups in total. The van der Waals surface area contributed by atoms with Crippen LogP contribution in [-0.4, -0.2) is 27.1 Å². The second-order valence-corrected chi connectivity index (χ2v) is 4.85. The fraction of sp³-hybridized carbons (Fsp3) is 0.750. The van der Waals surface area contributed by atoms with Crippen LogP contribution in [0.15, 0.2) is 0 Å². The first-order chi connectivity index (χ1) is 7.95. The van der Waals surface area contributed by atoms with Crippen molar-refractivity contribution >= 4 is 5.91 Å². The smallest absolute Gasteiger partial charge is 0.291 e. The highest BCUT2D eigenvalue weighted by molar-refractivity contribution is 5.90. The SMILES string of the molecule is CCC(C)C(C)NC(=O)c1n[nH]c(C(C)C)n1. The van der Waals surface area contributed by atoms with Gasteiger partial charge in [-0.05, 0) is 12.8 Å². The van der Waals surface area contributed by atoms with Crippen molar-refractivity contribution in [2.24, 2.45) is 5.92 Å². The van der Waals surface area contributed by atoms with Gasteiger partial charge in [0.2, 0.25) is 5.82 Å². The Labute approximate surface area is 102 Å². The summed E-state index contributed by atoms with van der Waals surface area (Å²) in [5.41, 5.74) is 0. The molecular formula is C12H22N4O. The van der Waals surface area contributed by atoms with Gasteiger partial charge in [0.15, 0.2) is 0 Å². The number of nitrogens with one attached hydrogen (secondary N) is 2. The van der Waals surface area contributed by atoms with Crippen LogP contribution in [-0.2, 0) is 0 Å². The summed E-state index contributed by atoms with van der Waals surface area (Å²) < 4.78 is 0. The Morgan fingerprint density at radius 3 is 2.47 bits per heavy atom. The molecule has 1 amide bonds. The van der Waals surface area contributed by atoms with Gasteiger partial charge in [-0.25, -0.2) is 4.98 Å². The fourth-order valence-electron chi connectivity index (χ4n) is 1.40. The zero-order valence-electron chi connectivity index (χ0n) is 11.2. The normalized spacial score (nSPS) is 14.7. The van der Waals surface area contributed by atoms with Crippen molar-refractivity contribution in [2.75, 3.05) is 0 Å². The van der Waals surface area contributed by atoms with E-state index in [1.807, 2.05) is 20.8 Å². The average Bonchev–Trinajstić information content (AvgIpc) is 2.77. The lowest BCUT2D eigenvalue weighted by Gasteiger charge is -2.18. The van der Waals surface area contributed by atoms with Crippen LogP contribution in [0.3, 0.4) is 0 Å². The van der Waals surface area contributed by atoms with Crippen LogP contribution >= 0.6 is 0 Å². The second kappa shape index (κ2) is 5.80. The van der Waals surface area contributed by atoms with Crippen LogP contribution in [0.1, 0.15) is 63.4 Å². The Morgan fingerprint density at radius 1 is 1.35 bits per heavy atom. The molecule has 2 atom stereocenters. The highest BCUT2D eigenvalue weighted by atomic mass is 16.2. The van der Waals surface area contributed by atoms with E-state index in [0.717, 1.165) is 12.2 Å². The fourth-order valence-corrected chi connectivity index (χ4v) is 1.40. The van der Waals surface area contributed by atoms with Crippen molar-refractivity contribution in [1.29, 1.82) is 0 Å². The molecule has 1 rings (SSSR count). The maximum absolute atomic E-state index is 11.9. The van der Waals surface area contributed by atoms with Crippen LogP contribution in [0, 0.1) is 5.92 Å². The first kappa shape index (κ1) is 13.7. The third-order valence-corrected chi connectivity index (χ3v) is 3.11. The van der Waals surface area contributed by atoms with E-state index in [2.05, 4.69) is 34.3 Å². The van der Waals surface area contributed by atoms with Gasteiger partial charge in [0, 0.05) is 12.0 Å². The number of aromatic amines is 1. The van der Waals surface area contributed by atoms with E-state index < -0.39 is 0 Å². The number of hydrogen-bond donors (Lipinski definition) is 2. The summed E-state index contributed by atoms with van der Waals surface area (Å²) in [5.74, 6) is 1.45. The summed E-state index contributed by atoms with van der Waals surface area (Å²) >= 11 is 0. The largest absolute Gasteiger partial charge is 0.347 e. The third kappa shape index (κ3) is 3.54. The molecule has 0 fully saturated rings. The second-order valence-electron chi connectivity index (χ2n) is 4.85. The molecule has 0 aliphatic carbocycles. The molecule has 0 aliphatic rings. The van der Waals surface area contributed by atoms with Crippen molar-refractivity contribution in [3.8, 4) is 0 Å². The van der Waals surface area contributed by atoms with E-state index >= 15 is 0 Å². The van der Waals surface area contributed by atoms with Crippen LogP contribution in [0.25, 0.3) is 0 Å². The Hall–Kier alpha value is -1.39. The van der Waals surface area contributed by atoms with Gasteiger partial charge in [-0.2, -0.15) is 0 Å². The molecule has 1 heterocycles. The number of aromatic nitrogens is 3. The van der Waals surface area contributed by atoms with Gasteiger partial charge in [-0.3, -0.25) is 9.89 Å². The first-order valence-corrected chi connectivity index (χ1v) is 6.18. The van der Waals surface area contributed by atoms with Crippen molar-refractivity contribution in [3.63, 3.8) is 0 Å². The molecule has 17 heavy (non-hydrogen) atoms. The summed E-state index contributed by atoms with van der Waals surface area (Å²) in [6, 6.07) is 0.133. The van der Waals surface area contributed by atoms with E-state index in [1.54, 1.807) is 0 Å². The predicted octanol–water partition coefficient (Wildman–Crippen LogP) is 2.09. The topological polar surface area (TPSA) is 70.7 Å². The first-order valence-electron chi connectivity index (χ1n) is 6.18.